The van der Waals surface area contributed by atoms with Crippen LogP contribution in [-0.2, 0) is 11.3 Å². The third-order valence-corrected chi connectivity index (χ3v) is 4.24. The number of anilines is 1. The number of aromatic nitrogens is 1. The SMILES string of the molecule is CN(CC(=O)Nc1ccccc1)Cc1nc2ccccc2s1. The highest BCUT2D eigenvalue weighted by Gasteiger charge is 2.10. The lowest BCUT2D eigenvalue weighted by molar-refractivity contribution is -0.117. The van der Waals surface area contributed by atoms with Crippen molar-refractivity contribution >= 4 is 33.1 Å². The fraction of sp³-hybridized carbons (Fsp3) is 0.176. The topological polar surface area (TPSA) is 45.2 Å². The fourth-order valence-electron chi connectivity index (χ4n) is 2.24. The van der Waals surface area contributed by atoms with Crippen LogP contribution in [0.3, 0.4) is 0 Å². The number of carbonyl (C=O) groups excluding carboxylic acids is 1. The number of hydrogen-bond acceptors (Lipinski definition) is 4. The van der Waals surface area contributed by atoms with Crippen LogP contribution in [0.5, 0.6) is 0 Å². The lowest BCUT2D eigenvalue weighted by Gasteiger charge is -2.14. The van der Waals surface area contributed by atoms with Gasteiger partial charge in [0.05, 0.1) is 23.3 Å². The van der Waals surface area contributed by atoms with Gasteiger partial charge in [-0.2, -0.15) is 0 Å². The van der Waals surface area contributed by atoms with Crippen molar-refractivity contribution in [1.29, 1.82) is 0 Å². The molecule has 0 atom stereocenters. The van der Waals surface area contributed by atoms with Gasteiger partial charge in [0.25, 0.3) is 0 Å². The summed E-state index contributed by atoms with van der Waals surface area (Å²) < 4.78 is 1.18. The molecule has 3 aromatic rings. The molecule has 0 bridgehead atoms. The van der Waals surface area contributed by atoms with Crippen LogP contribution in [0.25, 0.3) is 10.2 Å². The normalized spacial score (nSPS) is 11.0. The Kier molecular flexibility index (Phi) is 4.46. The second-order valence-corrected chi connectivity index (χ2v) is 6.28. The molecule has 0 spiro atoms. The first-order valence-corrected chi connectivity index (χ1v) is 7.90. The Balaban J connectivity index is 1.57. The monoisotopic (exact) mass is 311 g/mol. The zero-order chi connectivity index (χ0) is 15.4. The number of nitrogens with zero attached hydrogens (tertiary/aromatic N) is 2. The molecule has 1 amide bonds. The highest BCUT2D eigenvalue weighted by Crippen LogP contribution is 2.22. The van der Waals surface area contributed by atoms with Crippen molar-refractivity contribution in [3.63, 3.8) is 0 Å². The Hall–Kier alpha value is -2.24. The average molecular weight is 311 g/mol. The molecule has 0 radical (unpaired) electrons. The molecule has 3 rings (SSSR count). The summed E-state index contributed by atoms with van der Waals surface area (Å²) in [6, 6.07) is 17.6. The molecular formula is C17H17N3OS. The number of amides is 1. The van der Waals surface area contributed by atoms with Gasteiger partial charge in [0, 0.05) is 5.69 Å². The van der Waals surface area contributed by atoms with E-state index in [-0.39, 0.29) is 5.91 Å². The number of benzene rings is 2. The van der Waals surface area contributed by atoms with Gasteiger partial charge in [-0.05, 0) is 31.3 Å². The number of nitrogens with one attached hydrogen (secondary N) is 1. The number of para-hydroxylation sites is 2. The Bertz CT molecular complexity index is 737. The molecule has 4 nitrogen and oxygen atoms in total. The maximum atomic E-state index is 12.0. The van der Waals surface area contributed by atoms with Crippen molar-refractivity contribution < 1.29 is 4.79 Å². The predicted molar refractivity (Wildman–Crippen MR) is 91.0 cm³/mol. The number of carbonyl (C=O) groups is 1. The van der Waals surface area contributed by atoms with E-state index in [1.807, 2.05) is 60.5 Å². The third-order valence-electron chi connectivity index (χ3n) is 3.21. The Morgan fingerprint density at radius 1 is 1.14 bits per heavy atom. The summed E-state index contributed by atoms with van der Waals surface area (Å²) in [5, 5.41) is 3.91. The van der Waals surface area contributed by atoms with Crippen LogP contribution in [-0.4, -0.2) is 29.4 Å². The van der Waals surface area contributed by atoms with E-state index in [0.29, 0.717) is 13.1 Å². The van der Waals surface area contributed by atoms with Crippen LogP contribution in [0.1, 0.15) is 5.01 Å². The smallest absolute Gasteiger partial charge is 0.238 e. The summed E-state index contributed by atoms with van der Waals surface area (Å²) in [6.45, 7) is 1.01. The van der Waals surface area contributed by atoms with Crippen LogP contribution in [0.4, 0.5) is 5.69 Å². The van der Waals surface area contributed by atoms with Crippen LogP contribution in [0, 0.1) is 0 Å². The van der Waals surface area contributed by atoms with Gasteiger partial charge in [0.2, 0.25) is 5.91 Å². The molecule has 0 saturated carbocycles. The van der Waals surface area contributed by atoms with Crippen LogP contribution in [0.2, 0.25) is 0 Å². The zero-order valence-corrected chi connectivity index (χ0v) is 13.1. The lowest BCUT2D eigenvalue weighted by atomic mass is 10.3. The summed E-state index contributed by atoms with van der Waals surface area (Å²) in [7, 11) is 1.93. The first-order valence-electron chi connectivity index (χ1n) is 7.08. The molecule has 1 heterocycles. The zero-order valence-electron chi connectivity index (χ0n) is 12.3. The maximum Gasteiger partial charge on any atom is 0.238 e. The van der Waals surface area contributed by atoms with Crippen LogP contribution >= 0.6 is 11.3 Å². The van der Waals surface area contributed by atoms with Gasteiger partial charge < -0.3 is 5.32 Å². The fourth-order valence-corrected chi connectivity index (χ4v) is 3.29. The van der Waals surface area contributed by atoms with Gasteiger partial charge >= 0.3 is 0 Å². The number of thiazole rings is 1. The Morgan fingerprint density at radius 3 is 2.64 bits per heavy atom. The number of hydrogen-bond donors (Lipinski definition) is 1. The van der Waals surface area contributed by atoms with Crippen molar-refractivity contribution in [2.45, 2.75) is 6.54 Å². The molecule has 5 heteroatoms. The molecule has 0 fully saturated rings. The van der Waals surface area contributed by atoms with Crippen LogP contribution < -0.4 is 5.32 Å². The number of fused-ring (bicyclic) bond motifs is 1. The first kappa shape index (κ1) is 14.7. The van der Waals surface area contributed by atoms with E-state index in [1.165, 1.54) is 4.70 Å². The Morgan fingerprint density at radius 2 is 1.86 bits per heavy atom. The largest absolute Gasteiger partial charge is 0.325 e. The van der Waals surface area contributed by atoms with Crippen molar-refractivity contribution in [3.05, 3.63) is 59.6 Å². The summed E-state index contributed by atoms with van der Waals surface area (Å²) in [4.78, 5) is 18.6. The summed E-state index contributed by atoms with van der Waals surface area (Å²) in [5.74, 6) is -0.0187. The van der Waals surface area contributed by atoms with E-state index in [9.17, 15) is 4.79 Å². The molecule has 1 N–H and O–H groups in total. The molecule has 22 heavy (non-hydrogen) atoms. The predicted octanol–water partition coefficient (Wildman–Crippen LogP) is 3.37. The quantitative estimate of drug-likeness (QED) is 0.786. The van der Waals surface area contributed by atoms with Gasteiger partial charge in [-0.1, -0.05) is 30.3 Å². The van der Waals surface area contributed by atoms with Crippen molar-refractivity contribution in [1.82, 2.24) is 9.88 Å². The molecule has 0 aliphatic carbocycles. The highest BCUT2D eigenvalue weighted by atomic mass is 32.1. The van der Waals surface area contributed by atoms with Crippen LogP contribution in [0.15, 0.2) is 54.6 Å². The number of likely N-dealkylation sites (N-methyl/N-ethyl adjacent to an activating group) is 1. The van der Waals surface area contributed by atoms with Gasteiger partial charge in [0.1, 0.15) is 5.01 Å². The maximum absolute atomic E-state index is 12.0. The average Bonchev–Trinajstić information content (AvgIpc) is 2.89. The van der Waals surface area contributed by atoms with E-state index >= 15 is 0 Å². The number of rotatable bonds is 5. The summed E-state index contributed by atoms with van der Waals surface area (Å²) in [5.41, 5.74) is 1.84. The molecule has 1 aromatic heterocycles. The highest BCUT2D eigenvalue weighted by molar-refractivity contribution is 7.18. The molecule has 0 saturated heterocycles. The molecule has 112 valence electrons. The summed E-state index contributed by atoms with van der Waals surface area (Å²) >= 11 is 1.67. The minimum Gasteiger partial charge on any atom is -0.325 e. The molecular weight excluding hydrogens is 294 g/mol. The molecule has 0 unspecified atom stereocenters. The van der Waals surface area contributed by atoms with Crippen molar-refractivity contribution in [3.8, 4) is 0 Å². The first-order chi connectivity index (χ1) is 10.7. The summed E-state index contributed by atoms with van der Waals surface area (Å²) in [6.07, 6.45) is 0. The van der Waals surface area contributed by atoms with Gasteiger partial charge in [-0.3, -0.25) is 9.69 Å². The van der Waals surface area contributed by atoms with Gasteiger partial charge in [0.15, 0.2) is 0 Å². The van der Waals surface area contributed by atoms with E-state index < -0.39 is 0 Å². The van der Waals surface area contributed by atoms with Crippen molar-refractivity contribution in [2.75, 3.05) is 18.9 Å². The van der Waals surface area contributed by atoms with E-state index in [4.69, 9.17) is 0 Å². The molecule has 0 aliphatic rings. The standard InChI is InChI=1S/C17H17N3OS/c1-20(11-16(21)18-13-7-3-2-4-8-13)12-17-19-14-9-5-6-10-15(14)22-17/h2-10H,11-12H2,1H3,(H,18,21). The van der Waals surface area contributed by atoms with Crippen molar-refractivity contribution in [2.24, 2.45) is 0 Å². The molecule has 2 aromatic carbocycles. The minimum atomic E-state index is -0.0187. The van der Waals surface area contributed by atoms with E-state index in [0.717, 1.165) is 16.2 Å². The van der Waals surface area contributed by atoms with E-state index in [2.05, 4.69) is 16.4 Å². The second kappa shape index (κ2) is 6.68. The second-order valence-electron chi connectivity index (χ2n) is 5.16. The third kappa shape index (κ3) is 3.69. The van der Waals surface area contributed by atoms with Gasteiger partial charge in [-0.15, -0.1) is 11.3 Å². The molecule has 0 aliphatic heterocycles. The van der Waals surface area contributed by atoms with Gasteiger partial charge in [-0.25, -0.2) is 4.98 Å². The Labute approximate surface area is 133 Å². The van der Waals surface area contributed by atoms with E-state index in [1.54, 1.807) is 11.3 Å². The minimum absolute atomic E-state index is 0.0187. The lowest BCUT2D eigenvalue weighted by Crippen LogP contribution is -2.29.